The van der Waals surface area contributed by atoms with Gasteiger partial charge in [-0.2, -0.15) is 0 Å². The second kappa shape index (κ2) is 9.41. The highest BCUT2D eigenvalue weighted by molar-refractivity contribution is 5.87. The molecule has 1 aliphatic heterocycles. The molecule has 6 nitrogen and oxygen atoms in total. The molecule has 1 unspecified atom stereocenters. The van der Waals surface area contributed by atoms with Gasteiger partial charge in [0.05, 0.1) is 0 Å². The molecule has 166 valence electrons. The van der Waals surface area contributed by atoms with Crippen molar-refractivity contribution in [2.75, 3.05) is 6.79 Å². The number of aryl methyl sites for hydroxylation is 2. The van der Waals surface area contributed by atoms with E-state index in [1.54, 1.807) is 11.8 Å². The topological polar surface area (TPSA) is 67.9 Å². The second-order valence-electron chi connectivity index (χ2n) is 9.11. The largest absolute Gasteiger partial charge is 0.454 e. The molecule has 0 radical (unpaired) electrons. The average Bonchev–Trinajstić information content (AvgIpc) is 3.16. The lowest BCUT2D eigenvalue weighted by Crippen LogP contribution is -2.52. The number of fused-ring (bicyclic) bond motifs is 1. The summed E-state index contributed by atoms with van der Waals surface area (Å²) < 4.78 is 10.8. The van der Waals surface area contributed by atoms with Crippen molar-refractivity contribution in [3.05, 3.63) is 59.2 Å². The van der Waals surface area contributed by atoms with Gasteiger partial charge in [-0.25, -0.2) is 0 Å². The van der Waals surface area contributed by atoms with Crippen LogP contribution in [0.15, 0.2) is 42.5 Å². The summed E-state index contributed by atoms with van der Waals surface area (Å²) in [6, 6.07) is 13.2. The second-order valence-corrected chi connectivity index (χ2v) is 9.11. The lowest BCUT2D eigenvalue weighted by atomic mass is 10.1. The molecule has 1 aliphatic rings. The van der Waals surface area contributed by atoms with Gasteiger partial charge in [-0.1, -0.05) is 35.9 Å². The van der Waals surface area contributed by atoms with Crippen LogP contribution in [0.4, 0.5) is 0 Å². The van der Waals surface area contributed by atoms with Crippen LogP contribution in [0.1, 0.15) is 50.8 Å². The van der Waals surface area contributed by atoms with Crippen LogP contribution in [0.25, 0.3) is 0 Å². The van der Waals surface area contributed by atoms with Crippen LogP contribution in [0.2, 0.25) is 0 Å². The van der Waals surface area contributed by atoms with Gasteiger partial charge in [0, 0.05) is 18.5 Å². The maximum atomic E-state index is 13.2. The minimum absolute atomic E-state index is 0.0595. The van der Waals surface area contributed by atoms with Crippen molar-refractivity contribution in [3.8, 4) is 11.5 Å². The van der Waals surface area contributed by atoms with Crippen molar-refractivity contribution in [2.24, 2.45) is 0 Å². The predicted molar refractivity (Wildman–Crippen MR) is 120 cm³/mol. The zero-order chi connectivity index (χ0) is 22.6. The van der Waals surface area contributed by atoms with Gasteiger partial charge in [-0.05, 0) is 64.3 Å². The Kier molecular flexibility index (Phi) is 6.88. The van der Waals surface area contributed by atoms with E-state index in [9.17, 15) is 9.59 Å². The molecule has 6 heteroatoms. The third-order valence-electron chi connectivity index (χ3n) is 5.17. The number of hydrogen-bond acceptors (Lipinski definition) is 4. The molecule has 0 saturated carbocycles. The lowest BCUT2D eigenvalue weighted by Gasteiger charge is -2.31. The van der Waals surface area contributed by atoms with E-state index in [2.05, 4.69) is 5.32 Å². The van der Waals surface area contributed by atoms with E-state index in [0.29, 0.717) is 25.1 Å². The number of carbonyl (C=O) groups is 2. The standard InChI is InChI=1S/C25H32N2O4/c1-17-7-6-8-20(13-17)15-27(18(2)24(29)26-25(3,4)5)23(28)12-10-19-9-11-21-22(14-19)31-16-30-21/h6-9,11,13-14,18H,10,12,15-16H2,1-5H3,(H,26,29). The molecule has 0 bridgehead atoms. The molecule has 0 fully saturated rings. The molecule has 2 aromatic carbocycles. The van der Waals surface area contributed by atoms with Crippen molar-refractivity contribution >= 4 is 11.8 Å². The minimum atomic E-state index is -0.580. The molecule has 3 rings (SSSR count). The van der Waals surface area contributed by atoms with Crippen LogP contribution in [0.5, 0.6) is 11.5 Å². The maximum Gasteiger partial charge on any atom is 0.242 e. The van der Waals surface area contributed by atoms with Crippen LogP contribution >= 0.6 is 0 Å². The van der Waals surface area contributed by atoms with Crippen molar-refractivity contribution < 1.29 is 19.1 Å². The fraction of sp³-hybridized carbons (Fsp3) is 0.440. The summed E-state index contributed by atoms with van der Waals surface area (Å²) in [4.78, 5) is 27.7. The van der Waals surface area contributed by atoms with E-state index in [-0.39, 0.29) is 24.1 Å². The SMILES string of the molecule is Cc1cccc(CN(C(=O)CCc2ccc3c(c2)OCO3)C(C)C(=O)NC(C)(C)C)c1. The fourth-order valence-electron chi connectivity index (χ4n) is 3.56. The zero-order valence-corrected chi connectivity index (χ0v) is 19.0. The first-order valence-corrected chi connectivity index (χ1v) is 10.7. The molecule has 31 heavy (non-hydrogen) atoms. The molecule has 2 aromatic rings. The zero-order valence-electron chi connectivity index (χ0n) is 19.0. The third kappa shape index (κ3) is 6.23. The van der Waals surface area contributed by atoms with Gasteiger partial charge >= 0.3 is 0 Å². The van der Waals surface area contributed by atoms with Gasteiger partial charge in [0.15, 0.2) is 11.5 Å². The molecule has 0 saturated heterocycles. The molecule has 0 spiro atoms. The Morgan fingerprint density at radius 1 is 1.06 bits per heavy atom. The highest BCUT2D eigenvalue weighted by Gasteiger charge is 2.28. The Morgan fingerprint density at radius 3 is 2.52 bits per heavy atom. The van der Waals surface area contributed by atoms with Gasteiger partial charge in [0.2, 0.25) is 18.6 Å². The Hall–Kier alpha value is -3.02. The minimum Gasteiger partial charge on any atom is -0.454 e. The van der Waals surface area contributed by atoms with Gasteiger partial charge in [-0.3, -0.25) is 9.59 Å². The Bertz CT molecular complexity index is 949. The van der Waals surface area contributed by atoms with Crippen molar-refractivity contribution in [3.63, 3.8) is 0 Å². The quantitative estimate of drug-likeness (QED) is 0.730. The Balaban J connectivity index is 1.73. The summed E-state index contributed by atoms with van der Waals surface area (Å²) in [7, 11) is 0. The van der Waals surface area contributed by atoms with Crippen molar-refractivity contribution in [1.82, 2.24) is 10.2 Å². The first kappa shape index (κ1) is 22.7. The molecule has 1 atom stereocenters. The van der Waals surface area contributed by atoms with E-state index in [4.69, 9.17) is 9.47 Å². The maximum absolute atomic E-state index is 13.2. The molecular formula is C25H32N2O4. The highest BCUT2D eigenvalue weighted by Crippen LogP contribution is 2.32. The number of amides is 2. The fourth-order valence-corrected chi connectivity index (χ4v) is 3.56. The van der Waals surface area contributed by atoms with Gasteiger partial charge < -0.3 is 19.7 Å². The number of benzene rings is 2. The van der Waals surface area contributed by atoms with E-state index in [1.165, 1.54) is 0 Å². The molecule has 1 N–H and O–H groups in total. The number of nitrogens with zero attached hydrogens (tertiary/aromatic N) is 1. The molecule has 1 heterocycles. The lowest BCUT2D eigenvalue weighted by molar-refractivity contribution is -0.141. The third-order valence-corrected chi connectivity index (χ3v) is 5.17. The molecular weight excluding hydrogens is 392 g/mol. The van der Waals surface area contributed by atoms with Crippen molar-refractivity contribution in [2.45, 2.75) is 65.6 Å². The molecule has 0 aliphatic carbocycles. The summed E-state index contributed by atoms with van der Waals surface area (Å²) in [6.45, 7) is 10.2. The van der Waals surface area contributed by atoms with Gasteiger partial charge in [0.1, 0.15) is 6.04 Å². The van der Waals surface area contributed by atoms with Crippen LogP contribution in [0.3, 0.4) is 0 Å². The van der Waals surface area contributed by atoms with E-state index in [0.717, 1.165) is 22.4 Å². The van der Waals surface area contributed by atoms with Crippen LogP contribution in [-0.2, 0) is 22.6 Å². The summed E-state index contributed by atoms with van der Waals surface area (Å²) in [5.74, 6) is 1.22. The van der Waals surface area contributed by atoms with Crippen LogP contribution in [0, 0.1) is 6.92 Å². The smallest absolute Gasteiger partial charge is 0.242 e. The normalized spacial score (nSPS) is 13.6. The van der Waals surface area contributed by atoms with Crippen LogP contribution < -0.4 is 14.8 Å². The average molecular weight is 425 g/mol. The number of hydrogen-bond donors (Lipinski definition) is 1. The first-order chi connectivity index (χ1) is 14.6. The van der Waals surface area contributed by atoms with Gasteiger partial charge in [-0.15, -0.1) is 0 Å². The van der Waals surface area contributed by atoms with E-state index >= 15 is 0 Å². The van der Waals surface area contributed by atoms with E-state index < -0.39 is 6.04 Å². The summed E-state index contributed by atoms with van der Waals surface area (Å²) in [6.07, 6.45) is 0.867. The number of carbonyl (C=O) groups excluding carboxylic acids is 2. The Labute approximate surface area is 184 Å². The number of rotatable bonds is 7. The molecule has 0 aromatic heterocycles. The van der Waals surface area contributed by atoms with Crippen LogP contribution in [-0.4, -0.2) is 35.1 Å². The summed E-state index contributed by atoms with van der Waals surface area (Å²) in [5, 5.41) is 2.99. The summed E-state index contributed by atoms with van der Waals surface area (Å²) in [5.41, 5.74) is 2.76. The monoisotopic (exact) mass is 424 g/mol. The number of ether oxygens (including phenoxy) is 2. The summed E-state index contributed by atoms with van der Waals surface area (Å²) >= 11 is 0. The first-order valence-electron chi connectivity index (χ1n) is 10.7. The van der Waals surface area contributed by atoms with Crippen molar-refractivity contribution in [1.29, 1.82) is 0 Å². The van der Waals surface area contributed by atoms with Gasteiger partial charge in [0.25, 0.3) is 0 Å². The number of nitrogens with one attached hydrogen (secondary N) is 1. The highest BCUT2D eigenvalue weighted by atomic mass is 16.7. The predicted octanol–water partition coefficient (Wildman–Crippen LogP) is 3.99. The Morgan fingerprint density at radius 2 is 1.81 bits per heavy atom. The van der Waals surface area contributed by atoms with E-state index in [1.807, 2.05) is 70.2 Å². The molecule has 2 amide bonds.